The second-order valence-electron chi connectivity index (χ2n) is 7.97. The fourth-order valence-corrected chi connectivity index (χ4v) is 4.55. The van der Waals surface area contributed by atoms with Crippen LogP contribution in [-0.2, 0) is 16.0 Å². The summed E-state index contributed by atoms with van der Waals surface area (Å²) in [6.45, 7) is 9.55. The van der Waals surface area contributed by atoms with E-state index in [1.165, 1.54) is 13.0 Å². The van der Waals surface area contributed by atoms with Gasteiger partial charge in [-0.2, -0.15) is 0 Å². The highest BCUT2D eigenvalue weighted by Gasteiger charge is 2.44. The fraction of sp³-hybridized carbons (Fsp3) is 0.800. The second-order valence-corrected chi connectivity index (χ2v) is 7.97. The summed E-state index contributed by atoms with van der Waals surface area (Å²) < 4.78 is 11.1. The number of rotatable bonds is 6. The van der Waals surface area contributed by atoms with Gasteiger partial charge in [0.1, 0.15) is 5.76 Å². The van der Waals surface area contributed by atoms with Crippen molar-refractivity contribution < 1.29 is 14.1 Å². The average molecular weight is 364 g/mol. The van der Waals surface area contributed by atoms with Crippen molar-refractivity contribution >= 4 is 5.97 Å². The Balaban J connectivity index is 1.73. The van der Waals surface area contributed by atoms with Crippen LogP contribution in [-0.4, -0.2) is 67.3 Å². The van der Waals surface area contributed by atoms with Gasteiger partial charge in [-0.05, 0) is 59.3 Å². The zero-order valence-electron chi connectivity index (χ0n) is 16.5. The first-order valence-electron chi connectivity index (χ1n) is 10.1. The lowest BCUT2D eigenvalue weighted by Crippen LogP contribution is -2.48. The van der Waals surface area contributed by atoms with Crippen LogP contribution in [0, 0.1) is 5.41 Å². The molecule has 0 aliphatic carbocycles. The van der Waals surface area contributed by atoms with Gasteiger partial charge >= 0.3 is 5.97 Å². The zero-order chi connectivity index (χ0) is 18.6. The predicted octanol–water partition coefficient (Wildman–Crippen LogP) is 2.69. The number of likely N-dealkylation sites (N-methyl/N-ethyl adjacent to an activating group) is 1. The lowest BCUT2D eigenvalue weighted by atomic mass is 9.76. The Bertz CT molecular complexity index is 603. The van der Waals surface area contributed by atoms with Crippen LogP contribution in [0.3, 0.4) is 0 Å². The number of carbonyl (C=O) groups is 1. The lowest BCUT2D eigenvalue weighted by molar-refractivity contribution is -0.159. The fourth-order valence-electron chi connectivity index (χ4n) is 4.55. The van der Waals surface area contributed by atoms with Crippen molar-refractivity contribution in [3.63, 3.8) is 0 Å². The summed E-state index contributed by atoms with van der Waals surface area (Å²) in [7, 11) is 2.07. The maximum absolute atomic E-state index is 12.7. The summed E-state index contributed by atoms with van der Waals surface area (Å²) in [5.41, 5.74) is 0.531. The molecule has 0 bridgehead atoms. The van der Waals surface area contributed by atoms with Gasteiger partial charge in [0, 0.05) is 31.5 Å². The molecule has 0 amide bonds. The third-order valence-electron chi connectivity index (χ3n) is 5.94. The van der Waals surface area contributed by atoms with E-state index < -0.39 is 5.41 Å². The molecule has 3 rings (SSSR count). The normalized spacial score (nSPS) is 28.2. The van der Waals surface area contributed by atoms with E-state index in [0.717, 1.165) is 56.9 Å². The van der Waals surface area contributed by atoms with Crippen LogP contribution in [0.4, 0.5) is 0 Å². The Hall–Kier alpha value is -1.40. The van der Waals surface area contributed by atoms with Crippen LogP contribution in [0.5, 0.6) is 0 Å². The van der Waals surface area contributed by atoms with Gasteiger partial charge in [0.2, 0.25) is 0 Å². The van der Waals surface area contributed by atoms with E-state index in [2.05, 4.69) is 35.0 Å². The van der Waals surface area contributed by atoms with Gasteiger partial charge in [0.25, 0.3) is 0 Å². The molecule has 2 aliphatic heterocycles. The van der Waals surface area contributed by atoms with Gasteiger partial charge in [0.05, 0.1) is 17.7 Å². The molecule has 0 spiro atoms. The number of nitrogens with zero attached hydrogens (tertiary/aromatic N) is 3. The minimum absolute atomic E-state index is 0.0978. The SMILES string of the molecule is CCOC(=O)[C@]1(Cc2cc([C@H]3CCCN(CC)C3)no2)CCCN(C)C1. The Morgan fingerprint density at radius 2 is 2.23 bits per heavy atom. The summed E-state index contributed by atoms with van der Waals surface area (Å²) in [5.74, 6) is 1.16. The molecule has 1 aromatic heterocycles. The van der Waals surface area contributed by atoms with Gasteiger partial charge in [-0.15, -0.1) is 0 Å². The monoisotopic (exact) mass is 363 g/mol. The second kappa shape index (κ2) is 8.53. The average Bonchev–Trinajstić information content (AvgIpc) is 3.10. The van der Waals surface area contributed by atoms with Crippen molar-refractivity contribution in [2.24, 2.45) is 5.41 Å². The smallest absolute Gasteiger partial charge is 0.313 e. The summed E-state index contributed by atoms with van der Waals surface area (Å²) in [4.78, 5) is 17.4. The Kier molecular flexibility index (Phi) is 6.35. The van der Waals surface area contributed by atoms with E-state index in [4.69, 9.17) is 9.26 Å². The third kappa shape index (κ3) is 4.29. The number of carbonyl (C=O) groups excluding carboxylic acids is 1. The zero-order valence-corrected chi connectivity index (χ0v) is 16.5. The summed E-state index contributed by atoms with van der Waals surface area (Å²) in [6.07, 6.45) is 4.80. The Labute approximate surface area is 156 Å². The highest BCUT2D eigenvalue weighted by molar-refractivity contribution is 5.77. The van der Waals surface area contributed by atoms with Crippen molar-refractivity contribution in [1.29, 1.82) is 0 Å². The van der Waals surface area contributed by atoms with E-state index in [-0.39, 0.29) is 5.97 Å². The quantitative estimate of drug-likeness (QED) is 0.724. The number of likely N-dealkylation sites (tertiary alicyclic amines) is 2. The van der Waals surface area contributed by atoms with Crippen molar-refractivity contribution in [3.05, 3.63) is 17.5 Å². The molecule has 6 heteroatoms. The Morgan fingerprint density at radius 3 is 2.96 bits per heavy atom. The summed E-state index contributed by atoms with van der Waals surface area (Å²) in [5, 5.41) is 4.36. The first-order valence-corrected chi connectivity index (χ1v) is 10.1. The molecule has 0 unspecified atom stereocenters. The first-order chi connectivity index (χ1) is 12.6. The molecule has 0 N–H and O–H groups in total. The van der Waals surface area contributed by atoms with E-state index >= 15 is 0 Å². The van der Waals surface area contributed by atoms with E-state index in [1.807, 2.05) is 6.92 Å². The van der Waals surface area contributed by atoms with Crippen molar-refractivity contribution in [3.8, 4) is 0 Å². The van der Waals surface area contributed by atoms with Gasteiger partial charge < -0.3 is 19.1 Å². The molecule has 1 aromatic rings. The minimum atomic E-state index is -0.512. The molecule has 0 saturated carbocycles. The van der Waals surface area contributed by atoms with Gasteiger partial charge in [-0.3, -0.25) is 4.79 Å². The van der Waals surface area contributed by atoms with Crippen molar-refractivity contribution in [2.75, 3.05) is 46.4 Å². The molecule has 2 aliphatic rings. The predicted molar refractivity (Wildman–Crippen MR) is 100 cm³/mol. The van der Waals surface area contributed by atoms with E-state index in [1.54, 1.807) is 0 Å². The molecule has 26 heavy (non-hydrogen) atoms. The van der Waals surface area contributed by atoms with Crippen LogP contribution in [0.1, 0.15) is 56.9 Å². The molecule has 3 heterocycles. The molecular weight excluding hydrogens is 330 g/mol. The van der Waals surface area contributed by atoms with Crippen molar-refractivity contribution in [2.45, 2.75) is 51.9 Å². The number of piperidine rings is 2. The maximum Gasteiger partial charge on any atom is 0.313 e. The Morgan fingerprint density at radius 1 is 1.38 bits per heavy atom. The standard InChI is InChI=1S/C20H33N3O3/c1-4-23-11-6-8-16(14-23)18-12-17(26-21-18)13-20(19(24)25-5-2)9-7-10-22(3)15-20/h12,16H,4-11,13-15H2,1-3H3/t16-,20-/m0/s1. The third-order valence-corrected chi connectivity index (χ3v) is 5.94. The van der Waals surface area contributed by atoms with Gasteiger partial charge in [-0.1, -0.05) is 12.1 Å². The van der Waals surface area contributed by atoms with E-state index in [9.17, 15) is 4.79 Å². The molecule has 2 atom stereocenters. The highest BCUT2D eigenvalue weighted by atomic mass is 16.5. The van der Waals surface area contributed by atoms with Crippen molar-refractivity contribution in [1.82, 2.24) is 15.0 Å². The largest absolute Gasteiger partial charge is 0.466 e. The number of esters is 1. The summed E-state index contributed by atoms with van der Waals surface area (Å²) >= 11 is 0. The van der Waals surface area contributed by atoms with Gasteiger partial charge in [0.15, 0.2) is 0 Å². The van der Waals surface area contributed by atoms with Crippen LogP contribution in [0.2, 0.25) is 0 Å². The summed E-state index contributed by atoms with van der Waals surface area (Å²) in [6, 6.07) is 2.08. The topological polar surface area (TPSA) is 58.8 Å². The van der Waals surface area contributed by atoms with Gasteiger partial charge in [-0.25, -0.2) is 0 Å². The van der Waals surface area contributed by atoms with Crippen LogP contribution in [0.25, 0.3) is 0 Å². The number of aromatic nitrogens is 1. The molecular formula is C20H33N3O3. The highest BCUT2D eigenvalue weighted by Crippen LogP contribution is 2.36. The number of hydrogen-bond acceptors (Lipinski definition) is 6. The number of hydrogen-bond donors (Lipinski definition) is 0. The van der Waals surface area contributed by atoms with Crippen LogP contribution >= 0.6 is 0 Å². The molecule has 0 radical (unpaired) electrons. The maximum atomic E-state index is 12.7. The van der Waals surface area contributed by atoms with Crippen LogP contribution in [0.15, 0.2) is 10.6 Å². The lowest BCUT2D eigenvalue weighted by Gasteiger charge is -2.38. The minimum Gasteiger partial charge on any atom is -0.466 e. The molecule has 146 valence electrons. The molecule has 0 aromatic carbocycles. The first kappa shape index (κ1) is 19.4. The molecule has 6 nitrogen and oxygen atoms in total. The van der Waals surface area contributed by atoms with E-state index in [0.29, 0.717) is 18.9 Å². The van der Waals surface area contributed by atoms with Crippen LogP contribution < -0.4 is 0 Å². The number of ether oxygens (including phenoxy) is 1. The molecule has 2 fully saturated rings. The molecule has 2 saturated heterocycles.